The van der Waals surface area contributed by atoms with Crippen LogP contribution < -0.4 is 4.74 Å². The number of β-amino-alcohol motifs (C(OH)–C–C–N with tert-alkyl or cyclic N) is 1. The van der Waals surface area contributed by atoms with E-state index in [1.165, 1.54) is 0 Å². The maximum absolute atomic E-state index is 13.2. The molecule has 150 valence electrons. The van der Waals surface area contributed by atoms with Gasteiger partial charge in [0.05, 0.1) is 6.10 Å². The number of carbonyl (C=O) groups excluding carboxylic acids is 1. The quantitative estimate of drug-likeness (QED) is 0.709. The van der Waals surface area contributed by atoms with Crippen LogP contribution in [0.2, 0.25) is 0 Å². The summed E-state index contributed by atoms with van der Waals surface area (Å²) in [5, 5.41) is 18.2. The normalized spacial score (nSPS) is 18.8. The number of benzene rings is 1. The SMILES string of the molecule is CCc1nnc([C@H]2C[C@@H](O)CN2C(=O)c2ccc(C)c(Oc3ccncc3)c2)o1. The smallest absolute Gasteiger partial charge is 0.254 e. The number of aromatic nitrogens is 3. The van der Waals surface area contributed by atoms with Crippen molar-refractivity contribution in [2.45, 2.75) is 38.8 Å². The minimum Gasteiger partial charge on any atom is -0.457 e. The predicted molar refractivity (Wildman–Crippen MR) is 104 cm³/mol. The Hall–Kier alpha value is -3.26. The van der Waals surface area contributed by atoms with Gasteiger partial charge in [0, 0.05) is 37.3 Å². The maximum atomic E-state index is 13.2. The van der Waals surface area contributed by atoms with E-state index in [4.69, 9.17) is 9.15 Å². The second kappa shape index (κ2) is 8.00. The van der Waals surface area contributed by atoms with Crippen LogP contribution in [0, 0.1) is 6.92 Å². The number of aryl methyl sites for hydroxylation is 2. The van der Waals surface area contributed by atoms with Gasteiger partial charge in [0.2, 0.25) is 11.8 Å². The Morgan fingerprint density at radius 2 is 2.07 bits per heavy atom. The van der Waals surface area contributed by atoms with Crippen LogP contribution in [0.4, 0.5) is 0 Å². The summed E-state index contributed by atoms with van der Waals surface area (Å²) in [5.41, 5.74) is 1.37. The molecule has 0 radical (unpaired) electrons. The number of amides is 1. The number of hydrogen-bond donors (Lipinski definition) is 1. The van der Waals surface area contributed by atoms with Crippen LogP contribution in [0.5, 0.6) is 11.5 Å². The van der Waals surface area contributed by atoms with Crippen LogP contribution in [0.1, 0.15) is 47.1 Å². The van der Waals surface area contributed by atoms with Gasteiger partial charge < -0.3 is 19.2 Å². The number of rotatable bonds is 5. The Morgan fingerprint density at radius 1 is 1.28 bits per heavy atom. The van der Waals surface area contributed by atoms with Crippen LogP contribution in [0.3, 0.4) is 0 Å². The zero-order valence-corrected chi connectivity index (χ0v) is 16.3. The van der Waals surface area contributed by atoms with Gasteiger partial charge in [-0.05, 0) is 36.8 Å². The lowest BCUT2D eigenvalue weighted by Crippen LogP contribution is -2.32. The fraction of sp³-hybridized carbons (Fsp3) is 0.333. The summed E-state index contributed by atoms with van der Waals surface area (Å²) < 4.78 is 11.6. The highest BCUT2D eigenvalue weighted by Gasteiger charge is 2.39. The van der Waals surface area contributed by atoms with Crippen LogP contribution in [-0.2, 0) is 6.42 Å². The molecule has 1 saturated heterocycles. The van der Waals surface area contributed by atoms with Gasteiger partial charge in [0.25, 0.3) is 5.91 Å². The fourth-order valence-corrected chi connectivity index (χ4v) is 3.36. The molecule has 0 aliphatic carbocycles. The molecule has 1 aliphatic rings. The predicted octanol–water partition coefficient (Wildman–Crippen LogP) is 3.08. The summed E-state index contributed by atoms with van der Waals surface area (Å²) in [7, 11) is 0. The van der Waals surface area contributed by atoms with E-state index in [1.54, 1.807) is 41.6 Å². The molecule has 4 rings (SSSR count). The lowest BCUT2D eigenvalue weighted by atomic mass is 10.1. The first-order chi connectivity index (χ1) is 14.0. The summed E-state index contributed by atoms with van der Waals surface area (Å²) >= 11 is 0. The Kier molecular flexibility index (Phi) is 5.26. The van der Waals surface area contributed by atoms with Crippen molar-refractivity contribution in [2.24, 2.45) is 0 Å². The van der Waals surface area contributed by atoms with Gasteiger partial charge >= 0.3 is 0 Å². The first-order valence-corrected chi connectivity index (χ1v) is 9.55. The Bertz CT molecular complexity index is 1000. The van der Waals surface area contributed by atoms with E-state index in [0.29, 0.717) is 41.7 Å². The Balaban J connectivity index is 1.60. The molecule has 3 aromatic rings. The molecule has 1 aliphatic heterocycles. The molecule has 8 nitrogen and oxygen atoms in total. The fourth-order valence-electron chi connectivity index (χ4n) is 3.36. The molecule has 2 aromatic heterocycles. The average Bonchev–Trinajstić information content (AvgIpc) is 3.36. The monoisotopic (exact) mass is 394 g/mol. The number of pyridine rings is 1. The Labute approximate surface area is 168 Å². The number of nitrogens with zero attached hydrogens (tertiary/aromatic N) is 4. The molecule has 0 unspecified atom stereocenters. The van der Waals surface area contributed by atoms with E-state index in [1.807, 2.05) is 19.9 Å². The summed E-state index contributed by atoms with van der Waals surface area (Å²) in [6, 6.07) is 8.36. The topological polar surface area (TPSA) is 102 Å². The Morgan fingerprint density at radius 3 is 2.79 bits per heavy atom. The first-order valence-electron chi connectivity index (χ1n) is 9.55. The molecular formula is C21H22N4O4. The second-order valence-electron chi connectivity index (χ2n) is 7.02. The molecule has 1 aromatic carbocycles. The number of carbonyl (C=O) groups is 1. The van der Waals surface area contributed by atoms with Crippen molar-refractivity contribution < 1.29 is 19.1 Å². The number of aliphatic hydroxyl groups is 1. The molecule has 0 spiro atoms. The molecule has 2 atom stereocenters. The molecule has 29 heavy (non-hydrogen) atoms. The lowest BCUT2D eigenvalue weighted by molar-refractivity contribution is 0.0697. The maximum Gasteiger partial charge on any atom is 0.254 e. The molecule has 0 bridgehead atoms. The van der Waals surface area contributed by atoms with E-state index in [2.05, 4.69) is 15.2 Å². The number of likely N-dealkylation sites (tertiary alicyclic amines) is 1. The van der Waals surface area contributed by atoms with Crippen LogP contribution in [0.15, 0.2) is 47.1 Å². The van der Waals surface area contributed by atoms with Gasteiger partial charge in [0.1, 0.15) is 17.5 Å². The molecule has 8 heteroatoms. The van der Waals surface area contributed by atoms with Crippen molar-refractivity contribution in [1.82, 2.24) is 20.1 Å². The van der Waals surface area contributed by atoms with Crippen molar-refractivity contribution in [1.29, 1.82) is 0 Å². The largest absolute Gasteiger partial charge is 0.457 e. The molecule has 1 amide bonds. The van der Waals surface area contributed by atoms with Gasteiger partial charge in [-0.1, -0.05) is 13.0 Å². The summed E-state index contributed by atoms with van der Waals surface area (Å²) in [5.74, 6) is 1.87. The third kappa shape index (κ3) is 3.97. The highest BCUT2D eigenvalue weighted by Crippen LogP contribution is 2.34. The van der Waals surface area contributed by atoms with E-state index in [9.17, 15) is 9.90 Å². The minimum absolute atomic E-state index is 0.210. The van der Waals surface area contributed by atoms with Gasteiger partial charge in [-0.3, -0.25) is 9.78 Å². The molecule has 3 heterocycles. The van der Waals surface area contributed by atoms with Crippen molar-refractivity contribution >= 4 is 5.91 Å². The standard InChI is InChI=1S/C21H22N4O4/c1-3-19-23-24-20(29-19)17-11-15(26)12-25(17)21(27)14-5-4-13(2)18(10-14)28-16-6-8-22-9-7-16/h4-10,15,17,26H,3,11-12H2,1-2H3/t15-,17-/m1/s1. The van der Waals surface area contributed by atoms with E-state index >= 15 is 0 Å². The summed E-state index contributed by atoms with van der Waals surface area (Å²) in [6.07, 6.45) is 3.63. The summed E-state index contributed by atoms with van der Waals surface area (Å²) in [6.45, 7) is 4.04. The van der Waals surface area contributed by atoms with Gasteiger partial charge in [-0.2, -0.15) is 0 Å². The third-order valence-electron chi connectivity index (χ3n) is 4.92. The van der Waals surface area contributed by atoms with Crippen molar-refractivity contribution in [3.05, 3.63) is 65.6 Å². The highest BCUT2D eigenvalue weighted by atomic mass is 16.5. The van der Waals surface area contributed by atoms with Crippen LogP contribution >= 0.6 is 0 Å². The number of ether oxygens (including phenoxy) is 1. The molecule has 1 N–H and O–H groups in total. The first kappa shape index (κ1) is 19.1. The zero-order valence-electron chi connectivity index (χ0n) is 16.3. The van der Waals surface area contributed by atoms with Crippen molar-refractivity contribution in [2.75, 3.05) is 6.54 Å². The number of hydrogen-bond acceptors (Lipinski definition) is 7. The zero-order chi connectivity index (χ0) is 20.4. The highest BCUT2D eigenvalue weighted by molar-refractivity contribution is 5.95. The molecular weight excluding hydrogens is 372 g/mol. The molecule has 0 saturated carbocycles. The van der Waals surface area contributed by atoms with Gasteiger partial charge in [-0.25, -0.2) is 0 Å². The average molecular weight is 394 g/mol. The van der Waals surface area contributed by atoms with Crippen molar-refractivity contribution in [3.63, 3.8) is 0 Å². The van der Waals surface area contributed by atoms with E-state index < -0.39 is 12.1 Å². The van der Waals surface area contributed by atoms with Crippen molar-refractivity contribution in [3.8, 4) is 11.5 Å². The van der Waals surface area contributed by atoms with Gasteiger partial charge in [0.15, 0.2) is 0 Å². The molecule has 1 fully saturated rings. The third-order valence-corrected chi connectivity index (χ3v) is 4.92. The second-order valence-corrected chi connectivity index (χ2v) is 7.02. The van der Waals surface area contributed by atoms with Gasteiger partial charge in [-0.15, -0.1) is 10.2 Å². The van der Waals surface area contributed by atoms with Crippen LogP contribution in [-0.4, -0.2) is 43.7 Å². The van der Waals surface area contributed by atoms with Crippen LogP contribution in [0.25, 0.3) is 0 Å². The lowest BCUT2D eigenvalue weighted by Gasteiger charge is -2.22. The van der Waals surface area contributed by atoms with E-state index in [-0.39, 0.29) is 12.5 Å². The summed E-state index contributed by atoms with van der Waals surface area (Å²) in [4.78, 5) is 18.8. The minimum atomic E-state index is -0.640. The number of aliphatic hydroxyl groups excluding tert-OH is 1. The van der Waals surface area contributed by atoms with E-state index in [0.717, 1.165) is 5.56 Å².